The molecule has 114 valence electrons. The lowest BCUT2D eigenvalue weighted by Crippen LogP contribution is -2.37. The van der Waals surface area contributed by atoms with Crippen molar-refractivity contribution in [2.24, 2.45) is 5.92 Å². The lowest BCUT2D eigenvalue weighted by Gasteiger charge is -2.31. The first-order valence-electron chi connectivity index (χ1n) is 7.45. The summed E-state index contributed by atoms with van der Waals surface area (Å²) in [5, 5.41) is 5.25. The van der Waals surface area contributed by atoms with Crippen molar-refractivity contribution in [1.29, 1.82) is 0 Å². The lowest BCUT2D eigenvalue weighted by molar-refractivity contribution is 0.0133. The van der Waals surface area contributed by atoms with Crippen molar-refractivity contribution in [3.8, 4) is 0 Å². The molecule has 1 aliphatic heterocycles. The van der Waals surface area contributed by atoms with Crippen LogP contribution in [0.4, 0.5) is 0 Å². The zero-order valence-corrected chi connectivity index (χ0v) is 14.0. The van der Waals surface area contributed by atoms with E-state index in [1.165, 1.54) is 0 Å². The fourth-order valence-electron chi connectivity index (χ4n) is 2.55. The van der Waals surface area contributed by atoms with Crippen molar-refractivity contribution in [3.63, 3.8) is 0 Å². The van der Waals surface area contributed by atoms with Gasteiger partial charge in [-0.15, -0.1) is 0 Å². The van der Waals surface area contributed by atoms with Crippen molar-refractivity contribution in [2.45, 2.75) is 45.9 Å². The molecule has 2 heterocycles. The standard InChI is InChI=1S/C14H25BrN4O/c1-12(2)9-19-14(16-11-17-19)10-18-6-3-13(4-7-18)20-8-5-15/h11-13H,3-10H2,1-2H3. The molecule has 20 heavy (non-hydrogen) atoms. The number of hydrogen-bond acceptors (Lipinski definition) is 4. The number of piperidine rings is 1. The Morgan fingerprint density at radius 2 is 2.15 bits per heavy atom. The Kier molecular flexibility index (Phi) is 6.45. The summed E-state index contributed by atoms with van der Waals surface area (Å²) in [6.07, 6.45) is 4.33. The third-order valence-corrected chi connectivity index (χ3v) is 3.89. The first-order valence-corrected chi connectivity index (χ1v) is 8.57. The highest BCUT2D eigenvalue weighted by Gasteiger charge is 2.21. The number of aromatic nitrogens is 3. The second-order valence-electron chi connectivity index (χ2n) is 5.79. The van der Waals surface area contributed by atoms with Gasteiger partial charge in [0.05, 0.1) is 19.3 Å². The van der Waals surface area contributed by atoms with Crippen LogP contribution in [-0.2, 0) is 17.8 Å². The Hall–Kier alpha value is -0.460. The van der Waals surface area contributed by atoms with Crippen LogP contribution in [0.25, 0.3) is 0 Å². The van der Waals surface area contributed by atoms with Gasteiger partial charge >= 0.3 is 0 Å². The van der Waals surface area contributed by atoms with Crippen molar-refractivity contribution in [2.75, 3.05) is 25.0 Å². The van der Waals surface area contributed by atoms with E-state index in [1.54, 1.807) is 6.33 Å². The number of rotatable bonds is 7. The highest BCUT2D eigenvalue weighted by Crippen LogP contribution is 2.16. The Bertz CT molecular complexity index is 388. The summed E-state index contributed by atoms with van der Waals surface area (Å²) in [7, 11) is 0. The Morgan fingerprint density at radius 1 is 1.40 bits per heavy atom. The number of halogens is 1. The van der Waals surface area contributed by atoms with Gasteiger partial charge in [-0.2, -0.15) is 5.10 Å². The summed E-state index contributed by atoms with van der Waals surface area (Å²) >= 11 is 3.40. The van der Waals surface area contributed by atoms with E-state index < -0.39 is 0 Å². The second kappa shape index (κ2) is 8.10. The van der Waals surface area contributed by atoms with Gasteiger partial charge in [0.2, 0.25) is 0 Å². The van der Waals surface area contributed by atoms with E-state index in [-0.39, 0.29) is 0 Å². The molecule has 0 unspecified atom stereocenters. The van der Waals surface area contributed by atoms with Gasteiger partial charge in [0, 0.05) is 25.0 Å². The van der Waals surface area contributed by atoms with Gasteiger partial charge in [-0.3, -0.25) is 4.90 Å². The number of nitrogens with zero attached hydrogens (tertiary/aromatic N) is 4. The smallest absolute Gasteiger partial charge is 0.141 e. The largest absolute Gasteiger partial charge is 0.377 e. The average Bonchev–Trinajstić information content (AvgIpc) is 2.84. The van der Waals surface area contributed by atoms with E-state index in [2.05, 4.69) is 44.8 Å². The van der Waals surface area contributed by atoms with Crippen LogP contribution in [0.3, 0.4) is 0 Å². The summed E-state index contributed by atoms with van der Waals surface area (Å²) in [5.74, 6) is 1.68. The first-order chi connectivity index (χ1) is 9.69. The fourth-order valence-corrected chi connectivity index (χ4v) is 2.74. The SMILES string of the molecule is CC(C)Cn1ncnc1CN1CCC(OCCBr)CC1. The molecule has 2 rings (SSSR count). The monoisotopic (exact) mass is 344 g/mol. The molecule has 1 aromatic heterocycles. The van der Waals surface area contributed by atoms with Gasteiger partial charge in [0.25, 0.3) is 0 Å². The van der Waals surface area contributed by atoms with Crippen LogP contribution in [-0.4, -0.2) is 50.8 Å². The van der Waals surface area contributed by atoms with Crippen molar-refractivity contribution in [1.82, 2.24) is 19.7 Å². The maximum absolute atomic E-state index is 5.79. The molecule has 0 saturated carbocycles. The summed E-state index contributed by atoms with van der Waals surface area (Å²) in [6, 6.07) is 0. The predicted molar refractivity (Wildman–Crippen MR) is 82.9 cm³/mol. The third kappa shape index (κ3) is 4.82. The maximum Gasteiger partial charge on any atom is 0.141 e. The van der Waals surface area contributed by atoms with Crippen LogP contribution in [0.2, 0.25) is 0 Å². The summed E-state index contributed by atoms with van der Waals surface area (Å²) < 4.78 is 7.83. The molecular formula is C14H25BrN4O. The van der Waals surface area contributed by atoms with E-state index >= 15 is 0 Å². The molecule has 1 aliphatic rings. The van der Waals surface area contributed by atoms with Crippen LogP contribution in [0, 0.1) is 5.92 Å². The van der Waals surface area contributed by atoms with Crippen molar-refractivity contribution >= 4 is 15.9 Å². The van der Waals surface area contributed by atoms with Crippen molar-refractivity contribution < 1.29 is 4.74 Å². The molecule has 5 nitrogen and oxygen atoms in total. The van der Waals surface area contributed by atoms with Gasteiger partial charge < -0.3 is 4.74 Å². The molecule has 1 fully saturated rings. The Balaban J connectivity index is 1.79. The number of hydrogen-bond donors (Lipinski definition) is 0. The molecule has 0 aliphatic carbocycles. The summed E-state index contributed by atoms with van der Waals surface area (Å²) in [4.78, 5) is 6.86. The minimum Gasteiger partial charge on any atom is -0.377 e. The molecular weight excluding hydrogens is 320 g/mol. The third-order valence-electron chi connectivity index (χ3n) is 3.56. The van der Waals surface area contributed by atoms with Crippen LogP contribution >= 0.6 is 15.9 Å². The number of alkyl halides is 1. The van der Waals surface area contributed by atoms with E-state index in [4.69, 9.17) is 4.74 Å². The molecule has 0 aromatic carbocycles. The Morgan fingerprint density at radius 3 is 2.80 bits per heavy atom. The second-order valence-corrected chi connectivity index (χ2v) is 6.58. The molecule has 0 spiro atoms. The average molecular weight is 345 g/mol. The zero-order valence-electron chi connectivity index (χ0n) is 12.5. The highest BCUT2D eigenvalue weighted by molar-refractivity contribution is 9.09. The normalized spacial score (nSPS) is 18.0. The molecule has 0 amide bonds. The maximum atomic E-state index is 5.79. The lowest BCUT2D eigenvalue weighted by atomic mass is 10.1. The van der Waals surface area contributed by atoms with Gasteiger partial charge in [-0.05, 0) is 18.8 Å². The van der Waals surface area contributed by atoms with Gasteiger partial charge in [-0.1, -0.05) is 29.8 Å². The predicted octanol–water partition coefficient (Wildman–Crippen LogP) is 2.31. The fraction of sp³-hybridized carbons (Fsp3) is 0.857. The molecule has 1 saturated heterocycles. The number of likely N-dealkylation sites (tertiary alicyclic amines) is 1. The van der Waals surface area contributed by atoms with Gasteiger partial charge in [0.1, 0.15) is 12.2 Å². The summed E-state index contributed by atoms with van der Waals surface area (Å²) in [6.45, 7) is 9.24. The summed E-state index contributed by atoms with van der Waals surface area (Å²) in [5.41, 5.74) is 0. The zero-order chi connectivity index (χ0) is 14.4. The molecule has 0 atom stereocenters. The van der Waals surface area contributed by atoms with Crippen LogP contribution < -0.4 is 0 Å². The highest BCUT2D eigenvalue weighted by atomic mass is 79.9. The molecule has 1 aromatic rings. The first kappa shape index (κ1) is 15.9. The van der Waals surface area contributed by atoms with E-state index in [1.807, 2.05) is 4.68 Å². The Labute approximate surface area is 129 Å². The topological polar surface area (TPSA) is 43.2 Å². The molecule has 0 N–H and O–H groups in total. The minimum atomic E-state index is 0.428. The number of ether oxygens (including phenoxy) is 1. The molecule has 0 bridgehead atoms. The van der Waals surface area contributed by atoms with Crippen LogP contribution in [0.5, 0.6) is 0 Å². The van der Waals surface area contributed by atoms with E-state index in [0.717, 1.165) is 56.8 Å². The molecule has 6 heteroatoms. The van der Waals surface area contributed by atoms with E-state index in [0.29, 0.717) is 12.0 Å². The van der Waals surface area contributed by atoms with Gasteiger partial charge in [-0.25, -0.2) is 9.67 Å². The quantitative estimate of drug-likeness (QED) is 0.712. The van der Waals surface area contributed by atoms with E-state index in [9.17, 15) is 0 Å². The van der Waals surface area contributed by atoms with Gasteiger partial charge in [0.15, 0.2) is 0 Å². The van der Waals surface area contributed by atoms with Crippen LogP contribution in [0.1, 0.15) is 32.5 Å². The molecule has 0 radical (unpaired) electrons. The minimum absolute atomic E-state index is 0.428. The van der Waals surface area contributed by atoms with Crippen molar-refractivity contribution in [3.05, 3.63) is 12.2 Å². The van der Waals surface area contributed by atoms with Crippen LogP contribution in [0.15, 0.2) is 6.33 Å².